The van der Waals surface area contributed by atoms with Gasteiger partial charge in [0.05, 0.1) is 11.0 Å². The smallest absolute Gasteiger partial charge is 0.311 e. The van der Waals surface area contributed by atoms with E-state index in [9.17, 15) is 23.3 Å². The molecule has 0 fully saturated rings. The second-order valence-electron chi connectivity index (χ2n) is 6.62. The Morgan fingerprint density at radius 3 is 2.40 bits per heavy atom. The Kier molecular flexibility index (Phi) is 6.33. The van der Waals surface area contributed by atoms with E-state index in [1.807, 2.05) is 6.92 Å². The molecule has 0 unspecified atom stereocenters. The first-order valence-corrected chi connectivity index (χ1v) is 10.9. The molecule has 2 aromatic carbocycles. The Morgan fingerprint density at radius 2 is 1.73 bits per heavy atom. The maximum Gasteiger partial charge on any atom is 0.311 e. The standard InChI is InChI=1S/C22H20N2O5S/c1-2-3-13-19(25)29-22-17-11-7-8-12-18(17)30(27,28)24(15-14-23)20(22)21(26)16-9-5-4-6-10-16/h4-12H,2-3,13,15H2,1H3. The van der Waals surface area contributed by atoms with E-state index >= 15 is 0 Å². The van der Waals surface area contributed by atoms with Crippen molar-refractivity contribution < 1.29 is 22.7 Å². The molecule has 3 rings (SSSR count). The van der Waals surface area contributed by atoms with Crippen LogP contribution in [0, 0.1) is 11.3 Å². The molecular formula is C22H20N2O5S. The average Bonchev–Trinajstić information content (AvgIpc) is 2.76. The second kappa shape index (κ2) is 8.93. The SMILES string of the molecule is CCCCC(=O)OC1=C(C(=O)c2ccccc2)N(CC#N)S(=O)(=O)c2ccccc21. The molecule has 0 aromatic heterocycles. The molecule has 0 bridgehead atoms. The first-order valence-electron chi connectivity index (χ1n) is 9.45. The minimum Gasteiger partial charge on any atom is -0.423 e. The second-order valence-corrected chi connectivity index (χ2v) is 8.45. The average molecular weight is 424 g/mol. The van der Waals surface area contributed by atoms with E-state index in [0.29, 0.717) is 10.7 Å². The monoisotopic (exact) mass is 424 g/mol. The van der Waals surface area contributed by atoms with Gasteiger partial charge in [0, 0.05) is 17.5 Å². The molecule has 1 aliphatic heterocycles. The van der Waals surface area contributed by atoms with E-state index in [0.717, 1.165) is 6.42 Å². The van der Waals surface area contributed by atoms with Gasteiger partial charge >= 0.3 is 5.97 Å². The summed E-state index contributed by atoms with van der Waals surface area (Å²) in [6.07, 6.45) is 1.49. The van der Waals surface area contributed by atoms with Crippen molar-refractivity contribution in [3.63, 3.8) is 0 Å². The topological polar surface area (TPSA) is 105 Å². The molecule has 0 radical (unpaired) electrons. The van der Waals surface area contributed by atoms with Gasteiger partial charge in [-0.2, -0.15) is 5.26 Å². The number of carbonyl (C=O) groups is 2. The van der Waals surface area contributed by atoms with Gasteiger partial charge in [-0.25, -0.2) is 12.7 Å². The maximum atomic E-state index is 13.3. The van der Waals surface area contributed by atoms with Gasteiger partial charge in [-0.1, -0.05) is 55.8 Å². The number of nitriles is 1. The number of ketones is 1. The lowest BCUT2D eigenvalue weighted by Gasteiger charge is -2.31. The number of Topliss-reactive ketones (excluding diaryl/α,β-unsaturated/α-hetero) is 1. The van der Waals surface area contributed by atoms with Gasteiger partial charge in [-0.05, 0) is 18.6 Å². The van der Waals surface area contributed by atoms with E-state index in [4.69, 9.17) is 4.74 Å². The van der Waals surface area contributed by atoms with Crippen molar-refractivity contribution in [2.24, 2.45) is 0 Å². The molecule has 2 aromatic rings. The Balaban J connectivity index is 2.27. The molecule has 1 heterocycles. The lowest BCUT2D eigenvalue weighted by molar-refractivity contribution is -0.136. The molecular weight excluding hydrogens is 404 g/mol. The highest BCUT2D eigenvalue weighted by atomic mass is 32.2. The van der Waals surface area contributed by atoms with E-state index in [-0.39, 0.29) is 33.9 Å². The number of ether oxygens (including phenoxy) is 1. The first kappa shape index (κ1) is 21.3. The van der Waals surface area contributed by atoms with Crippen LogP contribution in [0.3, 0.4) is 0 Å². The van der Waals surface area contributed by atoms with Crippen LogP contribution in [0.15, 0.2) is 65.2 Å². The van der Waals surface area contributed by atoms with Crippen molar-refractivity contribution in [2.75, 3.05) is 6.54 Å². The highest BCUT2D eigenvalue weighted by molar-refractivity contribution is 7.89. The summed E-state index contributed by atoms with van der Waals surface area (Å²) < 4.78 is 32.6. The fourth-order valence-electron chi connectivity index (χ4n) is 3.12. The predicted molar refractivity (Wildman–Crippen MR) is 109 cm³/mol. The van der Waals surface area contributed by atoms with Crippen molar-refractivity contribution in [3.8, 4) is 6.07 Å². The van der Waals surface area contributed by atoms with Crippen LogP contribution in [0.2, 0.25) is 0 Å². The zero-order valence-corrected chi connectivity index (χ0v) is 17.2. The van der Waals surface area contributed by atoms with Crippen LogP contribution in [0.1, 0.15) is 42.1 Å². The summed E-state index contributed by atoms with van der Waals surface area (Å²) in [7, 11) is -4.19. The minimum atomic E-state index is -4.19. The van der Waals surface area contributed by atoms with Crippen LogP contribution in [0.4, 0.5) is 0 Å². The van der Waals surface area contributed by atoms with Gasteiger partial charge < -0.3 is 4.74 Å². The third-order valence-corrected chi connectivity index (χ3v) is 6.38. The number of unbranched alkanes of at least 4 members (excludes halogenated alkanes) is 1. The number of esters is 1. The zero-order chi connectivity index (χ0) is 21.7. The van der Waals surface area contributed by atoms with Gasteiger partial charge in [0.15, 0.2) is 5.76 Å². The number of benzene rings is 2. The number of sulfonamides is 1. The van der Waals surface area contributed by atoms with Crippen LogP contribution >= 0.6 is 0 Å². The van der Waals surface area contributed by atoms with Crippen LogP contribution in [-0.4, -0.2) is 31.0 Å². The van der Waals surface area contributed by atoms with Crippen molar-refractivity contribution in [1.29, 1.82) is 5.26 Å². The van der Waals surface area contributed by atoms with Gasteiger partial charge in [0.25, 0.3) is 10.0 Å². The third kappa shape index (κ3) is 3.98. The summed E-state index contributed by atoms with van der Waals surface area (Å²) in [5.41, 5.74) is -0.00533. The van der Waals surface area contributed by atoms with Crippen molar-refractivity contribution >= 4 is 27.5 Å². The quantitative estimate of drug-likeness (QED) is 0.383. The number of fused-ring (bicyclic) bond motifs is 1. The van der Waals surface area contributed by atoms with Crippen LogP contribution < -0.4 is 0 Å². The molecule has 1 aliphatic rings. The molecule has 154 valence electrons. The molecule has 0 atom stereocenters. The number of nitrogens with zero attached hydrogens (tertiary/aromatic N) is 2. The van der Waals surface area contributed by atoms with E-state index in [2.05, 4.69) is 0 Å². The normalized spacial score (nSPS) is 14.6. The van der Waals surface area contributed by atoms with Gasteiger partial charge in [0.2, 0.25) is 5.78 Å². The van der Waals surface area contributed by atoms with Gasteiger partial charge in [-0.3, -0.25) is 9.59 Å². The Labute approximate surface area is 175 Å². The molecule has 30 heavy (non-hydrogen) atoms. The number of rotatable bonds is 7. The number of hydrogen-bond donors (Lipinski definition) is 0. The summed E-state index contributed by atoms with van der Waals surface area (Å²) in [6, 6.07) is 15.8. The minimum absolute atomic E-state index is 0.121. The van der Waals surface area contributed by atoms with E-state index < -0.39 is 28.3 Å². The molecule has 0 amide bonds. The van der Waals surface area contributed by atoms with Crippen LogP contribution in [0.5, 0.6) is 0 Å². The molecule has 0 saturated carbocycles. The zero-order valence-electron chi connectivity index (χ0n) is 16.4. The van der Waals surface area contributed by atoms with Gasteiger partial charge in [-0.15, -0.1) is 0 Å². The Morgan fingerprint density at radius 1 is 1.07 bits per heavy atom. The van der Waals surface area contributed by atoms with E-state index in [1.54, 1.807) is 30.3 Å². The summed E-state index contributed by atoms with van der Waals surface area (Å²) in [5.74, 6) is -1.37. The third-order valence-electron chi connectivity index (χ3n) is 4.58. The molecule has 0 spiro atoms. The highest BCUT2D eigenvalue weighted by Gasteiger charge is 2.41. The van der Waals surface area contributed by atoms with Crippen molar-refractivity contribution in [1.82, 2.24) is 4.31 Å². The number of carbonyl (C=O) groups excluding carboxylic acids is 2. The lowest BCUT2D eigenvalue weighted by Crippen LogP contribution is -2.39. The summed E-state index contributed by atoms with van der Waals surface area (Å²) in [5, 5.41) is 9.26. The first-order chi connectivity index (χ1) is 14.4. The highest BCUT2D eigenvalue weighted by Crippen LogP contribution is 2.38. The summed E-state index contributed by atoms with van der Waals surface area (Å²) >= 11 is 0. The summed E-state index contributed by atoms with van der Waals surface area (Å²) in [4.78, 5) is 25.6. The van der Waals surface area contributed by atoms with Crippen molar-refractivity contribution in [3.05, 3.63) is 71.4 Å². The van der Waals surface area contributed by atoms with Crippen molar-refractivity contribution in [2.45, 2.75) is 31.1 Å². The number of hydrogen-bond acceptors (Lipinski definition) is 6. The van der Waals surface area contributed by atoms with Gasteiger partial charge in [0.1, 0.15) is 12.2 Å². The summed E-state index contributed by atoms with van der Waals surface area (Å²) in [6.45, 7) is 1.33. The van der Waals surface area contributed by atoms with E-state index in [1.165, 1.54) is 30.3 Å². The molecule has 8 heteroatoms. The molecule has 0 aliphatic carbocycles. The Hall–Kier alpha value is -3.44. The molecule has 7 nitrogen and oxygen atoms in total. The van der Waals surface area contributed by atoms with Crippen LogP contribution in [-0.2, 0) is 19.6 Å². The van der Waals surface area contributed by atoms with Crippen LogP contribution in [0.25, 0.3) is 5.76 Å². The maximum absolute atomic E-state index is 13.3. The Bertz CT molecular complexity index is 1150. The largest absolute Gasteiger partial charge is 0.423 e. The predicted octanol–water partition coefficient (Wildman–Crippen LogP) is 3.50. The molecule has 0 saturated heterocycles. The lowest BCUT2D eigenvalue weighted by atomic mass is 10.0. The number of allylic oxidation sites excluding steroid dienone is 1. The molecule has 0 N–H and O–H groups in total. The fraction of sp³-hybridized carbons (Fsp3) is 0.227. The fourth-order valence-corrected chi connectivity index (χ4v) is 4.68.